The Kier molecular flexibility index (Phi) is 9.73. The van der Waals surface area contributed by atoms with Gasteiger partial charge in [0.15, 0.2) is 5.96 Å². The number of nitrogens with one attached hydrogen (secondary N) is 1. The van der Waals surface area contributed by atoms with Gasteiger partial charge in [0, 0.05) is 38.9 Å². The van der Waals surface area contributed by atoms with E-state index in [0.717, 1.165) is 38.7 Å². The molecular formula is C12H26IN3O3S. The molecule has 120 valence electrons. The van der Waals surface area contributed by atoms with Crippen molar-refractivity contribution in [3.05, 3.63) is 0 Å². The Labute approximate surface area is 139 Å². The van der Waals surface area contributed by atoms with E-state index >= 15 is 0 Å². The molecule has 1 rings (SSSR count). The minimum absolute atomic E-state index is 0. The van der Waals surface area contributed by atoms with Gasteiger partial charge in [0.2, 0.25) is 0 Å². The summed E-state index contributed by atoms with van der Waals surface area (Å²) in [5.41, 5.74) is 0. The number of guanidine groups is 1. The second kappa shape index (κ2) is 9.78. The number of halogens is 1. The predicted octanol–water partition coefficient (Wildman–Crippen LogP) is 0.583. The molecule has 0 aromatic heterocycles. The topological polar surface area (TPSA) is 71.0 Å². The zero-order valence-electron chi connectivity index (χ0n) is 12.5. The van der Waals surface area contributed by atoms with E-state index in [1.807, 2.05) is 18.9 Å². The Balaban J connectivity index is 0.00000361. The average Bonchev–Trinajstić information content (AvgIpc) is 2.79. The number of hydrogen-bond acceptors (Lipinski definition) is 4. The number of rotatable bonds is 6. The zero-order valence-corrected chi connectivity index (χ0v) is 15.6. The standard InChI is InChI=1S/C12H25N3O3S.HI/c1-4-13-12(14-6-8-19(3,16)17)15(2)9-11-5-7-18-10-11;/h11H,4-10H2,1-3H3,(H,13,14);1H. The Hall–Kier alpha value is -0.0900. The van der Waals surface area contributed by atoms with Crippen LogP contribution in [0.1, 0.15) is 13.3 Å². The predicted molar refractivity (Wildman–Crippen MR) is 92.7 cm³/mol. The summed E-state index contributed by atoms with van der Waals surface area (Å²) < 4.78 is 27.6. The van der Waals surface area contributed by atoms with Crippen LogP contribution in [0.15, 0.2) is 4.99 Å². The van der Waals surface area contributed by atoms with Crippen molar-refractivity contribution in [3.63, 3.8) is 0 Å². The minimum Gasteiger partial charge on any atom is -0.381 e. The molecule has 8 heteroatoms. The number of aliphatic imine (C=N–C) groups is 1. The van der Waals surface area contributed by atoms with Crippen LogP contribution >= 0.6 is 24.0 Å². The first-order valence-electron chi connectivity index (χ1n) is 6.67. The molecule has 0 spiro atoms. The van der Waals surface area contributed by atoms with E-state index in [2.05, 4.69) is 10.3 Å². The average molecular weight is 419 g/mol. The number of ether oxygens (including phenoxy) is 1. The third-order valence-electron chi connectivity index (χ3n) is 2.98. The third-order valence-corrected chi connectivity index (χ3v) is 3.90. The monoisotopic (exact) mass is 419 g/mol. The second-order valence-corrected chi connectivity index (χ2v) is 7.24. The van der Waals surface area contributed by atoms with Gasteiger partial charge in [-0.25, -0.2) is 8.42 Å². The Morgan fingerprint density at radius 1 is 1.50 bits per heavy atom. The van der Waals surface area contributed by atoms with Crippen molar-refractivity contribution in [1.82, 2.24) is 10.2 Å². The van der Waals surface area contributed by atoms with Crippen LogP contribution in [-0.4, -0.2) is 71.2 Å². The summed E-state index contributed by atoms with van der Waals surface area (Å²) in [7, 11) is -0.984. The number of nitrogens with zero attached hydrogens (tertiary/aromatic N) is 2. The molecule has 0 aromatic rings. The molecular weight excluding hydrogens is 393 g/mol. The lowest BCUT2D eigenvalue weighted by atomic mass is 10.1. The lowest BCUT2D eigenvalue weighted by molar-refractivity contribution is 0.181. The maximum atomic E-state index is 11.1. The largest absolute Gasteiger partial charge is 0.381 e. The van der Waals surface area contributed by atoms with Crippen molar-refractivity contribution < 1.29 is 13.2 Å². The zero-order chi connectivity index (χ0) is 14.3. The summed E-state index contributed by atoms with van der Waals surface area (Å²) in [4.78, 5) is 6.40. The highest BCUT2D eigenvalue weighted by Gasteiger charge is 2.19. The van der Waals surface area contributed by atoms with E-state index in [0.29, 0.717) is 12.5 Å². The maximum absolute atomic E-state index is 11.1. The van der Waals surface area contributed by atoms with E-state index in [-0.39, 0.29) is 29.7 Å². The van der Waals surface area contributed by atoms with Gasteiger partial charge < -0.3 is 15.0 Å². The Morgan fingerprint density at radius 2 is 2.20 bits per heavy atom. The molecule has 1 fully saturated rings. The smallest absolute Gasteiger partial charge is 0.193 e. The van der Waals surface area contributed by atoms with Crippen molar-refractivity contribution in [1.29, 1.82) is 0 Å². The molecule has 0 bridgehead atoms. The molecule has 0 aliphatic carbocycles. The van der Waals surface area contributed by atoms with Gasteiger partial charge in [-0.15, -0.1) is 24.0 Å². The molecule has 1 aliphatic heterocycles. The molecule has 1 saturated heterocycles. The molecule has 1 N–H and O–H groups in total. The van der Waals surface area contributed by atoms with Crippen LogP contribution < -0.4 is 5.32 Å². The fraction of sp³-hybridized carbons (Fsp3) is 0.917. The fourth-order valence-electron chi connectivity index (χ4n) is 1.99. The van der Waals surface area contributed by atoms with Crippen LogP contribution in [0, 0.1) is 5.92 Å². The molecule has 0 radical (unpaired) electrons. The van der Waals surface area contributed by atoms with Gasteiger partial charge in [0.1, 0.15) is 9.84 Å². The van der Waals surface area contributed by atoms with Crippen molar-refractivity contribution in [2.45, 2.75) is 13.3 Å². The molecule has 0 saturated carbocycles. The molecule has 1 heterocycles. The van der Waals surface area contributed by atoms with Crippen molar-refractivity contribution in [2.75, 3.05) is 51.9 Å². The molecule has 0 aromatic carbocycles. The second-order valence-electron chi connectivity index (χ2n) is 4.98. The Bertz CT molecular complexity index is 395. The lowest BCUT2D eigenvalue weighted by Gasteiger charge is -2.24. The summed E-state index contributed by atoms with van der Waals surface area (Å²) in [6.07, 6.45) is 2.31. The van der Waals surface area contributed by atoms with Gasteiger partial charge in [-0.3, -0.25) is 4.99 Å². The summed E-state index contributed by atoms with van der Waals surface area (Å²) in [5, 5.41) is 3.18. The van der Waals surface area contributed by atoms with Crippen molar-refractivity contribution in [3.8, 4) is 0 Å². The highest BCUT2D eigenvalue weighted by Crippen LogP contribution is 2.13. The van der Waals surface area contributed by atoms with Gasteiger partial charge in [0.05, 0.1) is 18.9 Å². The molecule has 20 heavy (non-hydrogen) atoms. The van der Waals surface area contributed by atoms with Crippen LogP contribution in [0.4, 0.5) is 0 Å². The van der Waals surface area contributed by atoms with Crippen LogP contribution in [-0.2, 0) is 14.6 Å². The van der Waals surface area contributed by atoms with E-state index < -0.39 is 9.84 Å². The van der Waals surface area contributed by atoms with E-state index in [4.69, 9.17) is 4.74 Å². The van der Waals surface area contributed by atoms with Crippen molar-refractivity contribution >= 4 is 39.8 Å². The summed E-state index contributed by atoms with van der Waals surface area (Å²) in [6, 6.07) is 0. The van der Waals surface area contributed by atoms with Gasteiger partial charge in [0.25, 0.3) is 0 Å². The normalized spacial score (nSPS) is 19.6. The van der Waals surface area contributed by atoms with Gasteiger partial charge in [-0.2, -0.15) is 0 Å². The van der Waals surface area contributed by atoms with Crippen LogP contribution in [0.3, 0.4) is 0 Å². The highest BCUT2D eigenvalue weighted by atomic mass is 127. The van der Waals surface area contributed by atoms with E-state index in [9.17, 15) is 8.42 Å². The first kappa shape index (κ1) is 19.9. The molecule has 1 atom stereocenters. The van der Waals surface area contributed by atoms with Gasteiger partial charge >= 0.3 is 0 Å². The SMILES string of the molecule is CCNC(=NCCS(C)(=O)=O)N(C)CC1CCOC1.I. The molecule has 1 unspecified atom stereocenters. The van der Waals surface area contributed by atoms with E-state index in [1.165, 1.54) is 6.26 Å². The fourth-order valence-corrected chi connectivity index (χ4v) is 2.41. The quantitative estimate of drug-likeness (QED) is 0.388. The van der Waals surface area contributed by atoms with Gasteiger partial charge in [-0.05, 0) is 13.3 Å². The minimum atomic E-state index is -2.96. The van der Waals surface area contributed by atoms with Crippen LogP contribution in [0.25, 0.3) is 0 Å². The third kappa shape index (κ3) is 8.25. The number of hydrogen-bond donors (Lipinski definition) is 1. The van der Waals surface area contributed by atoms with Crippen LogP contribution in [0.5, 0.6) is 0 Å². The molecule has 1 aliphatic rings. The number of sulfone groups is 1. The van der Waals surface area contributed by atoms with Crippen molar-refractivity contribution in [2.24, 2.45) is 10.9 Å². The summed E-state index contributed by atoms with van der Waals surface area (Å²) in [6.45, 7) is 5.58. The Morgan fingerprint density at radius 3 is 2.70 bits per heavy atom. The molecule has 0 amide bonds. The summed E-state index contributed by atoms with van der Waals surface area (Å²) >= 11 is 0. The first-order valence-corrected chi connectivity index (χ1v) is 8.73. The van der Waals surface area contributed by atoms with E-state index in [1.54, 1.807) is 0 Å². The summed E-state index contributed by atoms with van der Waals surface area (Å²) in [5.74, 6) is 1.38. The lowest BCUT2D eigenvalue weighted by Crippen LogP contribution is -2.41. The maximum Gasteiger partial charge on any atom is 0.193 e. The van der Waals surface area contributed by atoms with Gasteiger partial charge in [-0.1, -0.05) is 0 Å². The molecule has 6 nitrogen and oxygen atoms in total. The van der Waals surface area contributed by atoms with Crippen LogP contribution in [0.2, 0.25) is 0 Å². The first-order chi connectivity index (χ1) is 8.92. The highest BCUT2D eigenvalue weighted by molar-refractivity contribution is 14.0.